The van der Waals surface area contributed by atoms with Crippen LogP contribution in [0.3, 0.4) is 0 Å². The summed E-state index contributed by atoms with van der Waals surface area (Å²) in [4.78, 5) is 17.6. The van der Waals surface area contributed by atoms with Crippen molar-refractivity contribution in [1.29, 1.82) is 0 Å². The molecule has 1 unspecified atom stereocenters. The number of fused-ring (bicyclic) bond motifs is 1. The van der Waals surface area contributed by atoms with Crippen LogP contribution in [-0.2, 0) is 30.5 Å². The molecule has 0 saturated heterocycles. The largest absolute Gasteiger partial charge is 0.434 e. The number of halogens is 5. The first kappa shape index (κ1) is 20.2. The van der Waals surface area contributed by atoms with Crippen molar-refractivity contribution in [2.45, 2.75) is 51.1 Å². The summed E-state index contributed by atoms with van der Waals surface area (Å²) in [5.74, 6) is -1.45. The summed E-state index contributed by atoms with van der Waals surface area (Å²) in [6.07, 6.45) is -3.80. The van der Waals surface area contributed by atoms with Crippen molar-refractivity contribution in [3.05, 3.63) is 53.1 Å². The van der Waals surface area contributed by atoms with Gasteiger partial charge in [0.1, 0.15) is 17.5 Å². The van der Waals surface area contributed by atoms with E-state index in [1.807, 2.05) is 0 Å². The predicted octanol–water partition coefficient (Wildman–Crippen LogP) is 2.87. The molecule has 2 heterocycles. The second-order valence-corrected chi connectivity index (χ2v) is 6.97. The lowest BCUT2D eigenvalue weighted by molar-refractivity contribution is -0.141. The van der Waals surface area contributed by atoms with Crippen molar-refractivity contribution in [2.24, 2.45) is 5.73 Å². The maximum Gasteiger partial charge on any atom is 0.434 e. The number of alkyl halides is 3. The molecule has 1 aromatic heterocycles. The Morgan fingerprint density at radius 3 is 2.75 bits per heavy atom. The highest BCUT2D eigenvalue weighted by Gasteiger charge is 2.37. The van der Waals surface area contributed by atoms with Crippen molar-refractivity contribution < 1.29 is 26.7 Å². The number of imidazole rings is 1. The number of carbonyl (C=O) groups is 1. The SMILES string of the molecule is CC1Cn2cc(C(F)(F)F)nc2CN1C(=O)C[C@H](N)Cc1cc(F)ccc1F. The van der Waals surface area contributed by atoms with Crippen LogP contribution in [0.4, 0.5) is 22.0 Å². The van der Waals surface area contributed by atoms with Gasteiger partial charge < -0.3 is 15.2 Å². The molecule has 0 radical (unpaired) electrons. The van der Waals surface area contributed by atoms with Crippen LogP contribution in [0.15, 0.2) is 24.4 Å². The second kappa shape index (κ2) is 7.50. The van der Waals surface area contributed by atoms with Gasteiger partial charge in [-0.25, -0.2) is 13.8 Å². The highest BCUT2D eigenvalue weighted by atomic mass is 19.4. The van der Waals surface area contributed by atoms with E-state index in [0.717, 1.165) is 24.4 Å². The van der Waals surface area contributed by atoms with E-state index in [9.17, 15) is 26.7 Å². The van der Waals surface area contributed by atoms with E-state index in [1.54, 1.807) is 6.92 Å². The van der Waals surface area contributed by atoms with Crippen LogP contribution in [0.1, 0.15) is 30.4 Å². The molecule has 2 N–H and O–H groups in total. The van der Waals surface area contributed by atoms with Gasteiger partial charge in [-0.3, -0.25) is 4.79 Å². The molecule has 1 aliphatic rings. The highest BCUT2D eigenvalue weighted by Crippen LogP contribution is 2.30. The maximum atomic E-state index is 13.7. The van der Waals surface area contributed by atoms with Gasteiger partial charge in [-0.1, -0.05) is 0 Å². The molecular weight excluding hydrogens is 383 g/mol. The molecule has 2 atom stereocenters. The Morgan fingerprint density at radius 2 is 2.07 bits per heavy atom. The Morgan fingerprint density at radius 1 is 1.36 bits per heavy atom. The van der Waals surface area contributed by atoms with Gasteiger partial charge in [-0.15, -0.1) is 0 Å². The lowest BCUT2D eigenvalue weighted by Crippen LogP contribution is -2.46. The standard InChI is InChI=1S/C18H19F5N4O/c1-10-7-26-8-15(18(21,22)23)25-16(26)9-27(10)17(28)6-13(24)5-11-4-12(19)2-3-14(11)20/h2-4,8,10,13H,5-7,9,24H2,1H3/t10?,13-/m1/s1. The second-order valence-electron chi connectivity index (χ2n) is 6.97. The first-order valence-electron chi connectivity index (χ1n) is 8.67. The monoisotopic (exact) mass is 402 g/mol. The summed E-state index contributed by atoms with van der Waals surface area (Å²) in [6.45, 7) is 1.82. The third-order valence-electron chi connectivity index (χ3n) is 4.70. The normalized spacial score (nSPS) is 18.1. The van der Waals surface area contributed by atoms with Crippen molar-refractivity contribution in [1.82, 2.24) is 14.5 Å². The van der Waals surface area contributed by atoms with Crippen LogP contribution in [0.25, 0.3) is 0 Å². The fraction of sp³-hybridized carbons (Fsp3) is 0.444. The van der Waals surface area contributed by atoms with Gasteiger partial charge in [0.05, 0.1) is 6.54 Å². The van der Waals surface area contributed by atoms with Gasteiger partial charge in [0, 0.05) is 31.2 Å². The van der Waals surface area contributed by atoms with Crippen LogP contribution in [0, 0.1) is 11.6 Å². The number of aromatic nitrogens is 2. The van der Waals surface area contributed by atoms with E-state index in [2.05, 4.69) is 4.98 Å². The highest BCUT2D eigenvalue weighted by molar-refractivity contribution is 5.77. The Labute approximate surface area is 157 Å². The molecule has 0 saturated carbocycles. The number of hydrogen-bond donors (Lipinski definition) is 1. The Bertz CT molecular complexity index is 879. The van der Waals surface area contributed by atoms with Crippen molar-refractivity contribution in [3.8, 4) is 0 Å². The number of amides is 1. The number of rotatable bonds is 4. The Balaban J connectivity index is 1.67. The van der Waals surface area contributed by atoms with Gasteiger partial charge in [0.2, 0.25) is 5.91 Å². The molecule has 1 amide bonds. The summed E-state index contributed by atoms with van der Waals surface area (Å²) in [5, 5.41) is 0. The fourth-order valence-corrected chi connectivity index (χ4v) is 3.30. The smallest absolute Gasteiger partial charge is 0.331 e. The van der Waals surface area contributed by atoms with Crippen LogP contribution in [0.5, 0.6) is 0 Å². The number of nitrogens with zero attached hydrogens (tertiary/aromatic N) is 3. The zero-order valence-corrected chi connectivity index (χ0v) is 15.0. The summed E-state index contributed by atoms with van der Waals surface area (Å²) < 4.78 is 66.9. The molecular formula is C18H19F5N4O. The number of benzene rings is 1. The van der Waals surface area contributed by atoms with Gasteiger partial charge in [-0.2, -0.15) is 13.2 Å². The van der Waals surface area contributed by atoms with E-state index in [-0.39, 0.29) is 49.3 Å². The van der Waals surface area contributed by atoms with Gasteiger partial charge in [0.15, 0.2) is 5.69 Å². The van der Waals surface area contributed by atoms with E-state index in [1.165, 1.54) is 9.47 Å². The maximum absolute atomic E-state index is 13.7. The van der Waals surface area contributed by atoms with Crippen LogP contribution < -0.4 is 5.73 Å². The van der Waals surface area contributed by atoms with E-state index in [0.29, 0.717) is 0 Å². The van der Waals surface area contributed by atoms with Crippen molar-refractivity contribution >= 4 is 5.91 Å². The first-order valence-corrected chi connectivity index (χ1v) is 8.67. The molecule has 1 aromatic carbocycles. The molecule has 1 aliphatic heterocycles. The number of hydrogen-bond acceptors (Lipinski definition) is 3. The number of carbonyl (C=O) groups excluding carboxylic acids is 1. The molecule has 0 aliphatic carbocycles. The molecule has 0 bridgehead atoms. The first-order chi connectivity index (χ1) is 13.0. The Kier molecular flexibility index (Phi) is 5.42. The number of nitrogens with two attached hydrogens (primary N) is 1. The Hall–Kier alpha value is -2.49. The summed E-state index contributed by atoms with van der Waals surface area (Å²) in [5.41, 5.74) is 5.00. The summed E-state index contributed by atoms with van der Waals surface area (Å²) >= 11 is 0. The molecule has 10 heteroatoms. The molecule has 152 valence electrons. The molecule has 2 aromatic rings. The fourth-order valence-electron chi connectivity index (χ4n) is 3.30. The minimum Gasteiger partial charge on any atom is -0.331 e. The molecule has 28 heavy (non-hydrogen) atoms. The lowest BCUT2D eigenvalue weighted by Gasteiger charge is -2.34. The lowest BCUT2D eigenvalue weighted by atomic mass is 10.0. The molecule has 0 fully saturated rings. The third-order valence-corrected chi connectivity index (χ3v) is 4.70. The van der Waals surface area contributed by atoms with Crippen LogP contribution in [0.2, 0.25) is 0 Å². The minimum atomic E-state index is -4.56. The van der Waals surface area contributed by atoms with Crippen LogP contribution >= 0.6 is 0 Å². The van der Waals surface area contributed by atoms with Gasteiger partial charge in [-0.05, 0) is 37.1 Å². The predicted molar refractivity (Wildman–Crippen MR) is 89.9 cm³/mol. The van der Waals surface area contributed by atoms with E-state index >= 15 is 0 Å². The van der Waals surface area contributed by atoms with Gasteiger partial charge >= 0.3 is 6.18 Å². The zero-order chi connectivity index (χ0) is 20.6. The molecule has 5 nitrogen and oxygen atoms in total. The summed E-state index contributed by atoms with van der Waals surface area (Å²) in [6, 6.07) is 1.89. The minimum absolute atomic E-state index is 0.0373. The molecule has 0 spiro atoms. The van der Waals surface area contributed by atoms with Crippen LogP contribution in [-0.4, -0.2) is 32.4 Å². The summed E-state index contributed by atoms with van der Waals surface area (Å²) in [7, 11) is 0. The van der Waals surface area contributed by atoms with Gasteiger partial charge in [0.25, 0.3) is 0 Å². The zero-order valence-electron chi connectivity index (χ0n) is 15.0. The van der Waals surface area contributed by atoms with Crippen molar-refractivity contribution in [2.75, 3.05) is 0 Å². The molecule has 3 rings (SSSR count). The van der Waals surface area contributed by atoms with E-state index < -0.39 is 29.5 Å². The third kappa shape index (κ3) is 4.32. The topological polar surface area (TPSA) is 64.2 Å². The average molecular weight is 402 g/mol. The quantitative estimate of drug-likeness (QED) is 0.800. The average Bonchev–Trinajstić information content (AvgIpc) is 3.00. The van der Waals surface area contributed by atoms with Crippen molar-refractivity contribution in [3.63, 3.8) is 0 Å². The van der Waals surface area contributed by atoms with E-state index in [4.69, 9.17) is 5.73 Å².